The summed E-state index contributed by atoms with van der Waals surface area (Å²) in [6, 6.07) is 6.02. The predicted octanol–water partition coefficient (Wildman–Crippen LogP) is 3.53. The third-order valence-electron chi connectivity index (χ3n) is 4.75. The molecule has 2 bridgehead atoms. The lowest BCUT2D eigenvalue weighted by atomic mass is 9.87. The standard InChI is InChI=1S/C15H21NO2S/c1-10(14-3-2-6-19-14)16-12-4-5-13(16)8-11(7-12)9-15(17)18/h2-3,6,10-13H,4-5,7-9H2,1H3,(H,17,18). The molecule has 2 saturated heterocycles. The summed E-state index contributed by atoms with van der Waals surface area (Å²) in [5, 5.41) is 11.1. The number of piperidine rings is 1. The van der Waals surface area contributed by atoms with Gasteiger partial charge in [-0.05, 0) is 50.0 Å². The summed E-state index contributed by atoms with van der Waals surface area (Å²) in [6.45, 7) is 2.30. The van der Waals surface area contributed by atoms with Crippen molar-refractivity contribution in [2.45, 2.75) is 57.2 Å². The summed E-state index contributed by atoms with van der Waals surface area (Å²) in [5.41, 5.74) is 0. The fourth-order valence-corrected chi connectivity index (χ4v) is 4.84. The van der Waals surface area contributed by atoms with Crippen molar-refractivity contribution in [1.29, 1.82) is 0 Å². The zero-order valence-electron chi connectivity index (χ0n) is 11.3. The lowest BCUT2D eigenvalue weighted by molar-refractivity contribution is -0.138. The van der Waals surface area contributed by atoms with Gasteiger partial charge in [-0.3, -0.25) is 9.69 Å². The normalized spacial score (nSPS) is 32.4. The lowest BCUT2D eigenvalue weighted by Gasteiger charge is -2.42. The minimum Gasteiger partial charge on any atom is -0.481 e. The number of carbonyl (C=O) groups is 1. The van der Waals surface area contributed by atoms with Crippen molar-refractivity contribution < 1.29 is 9.90 Å². The van der Waals surface area contributed by atoms with Crippen LogP contribution in [0.25, 0.3) is 0 Å². The van der Waals surface area contributed by atoms with Gasteiger partial charge < -0.3 is 5.11 Å². The molecule has 4 heteroatoms. The van der Waals surface area contributed by atoms with Crippen molar-refractivity contribution in [3.05, 3.63) is 22.4 Å². The third-order valence-corrected chi connectivity index (χ3v) is 5.80. The van der Waals surface area contributed by atoms with E-state index in [0.29, 0.717) is 30.5 Å². The minimum atomic E-state index is -0.635. The monoisotopic (exact) mass is 279 g/mol. The molecule has 3 atom stereocenters. The van der Waals surface area contributed by atoms with E-state index < -0.39 is 5.97 Å². The highest BCUT2D eigenvalue weighted by Crippen LogP contribution is 2.44. The van der Waals surface area contributed by atoms with Crippen LogP contribution in [0.1, 0.15) is 49.9 Å². The fourth-order valence-electron chi connectivity index (χ4n) is 4.05. The van der Waals surface area contributed by atoms with E-state index in [0.717, 1.165) is 12.8 Å². The quantitative estimate of drug-likeness (QED) is 0.916. The highest BCUT2D eigenvalue weighted by atomic mass is 32.1. The van der Waals surface area contributed by atoms with Crippen LogP contribution < -0.4 is 0 Å². The molecule has 0 saturated carbocycles. The van der Waals surface area contributed by atoms with Crippen molar-refractivity contribution >= 4 is 17.3 Å². The highest BCUT2D eigenvalue weighted by Gasteiger charge is 2.43. The summed E-state index contributed by atoms with van der Waals surface area (Å²) < 4.78 is 0. The van der Waals surface area contributed by atoms with Crippen LogP contribution in [0.15, 0.2) is 17.5 Å². The summed E-state index contributed by atoms with van der Waals surface area (Å²) in [4.78, 5) is 15.0. The molecule has 0 radical (unpaired) electrons. The lowest BCUT2D eigenvalue weighted by Crippen LogP contribution is -2.44. The second-order valence-corrected chi connectivity index (χ2v) is 6.94. The molecule has 1 aromatic rings. The van der Waals surface area contributed by atoms with Crippen LogP contribution in [-0.2, 0) is 4.79 Å². The molecule has 3 rings (SSSR count). The number of thiophene rings is 1. The maximum Gasteiger partial charge on any atom is 0.303 e. The van der Waals surface area contributed by atoms with Gasteiger partial charge in [0, 0.05) is 29.4 Å². The van der Waals surface area contributed by atoms with Crippen molar-refractivity contribution in [2.75, 3.05) is 0 Å². The number of aliphatic carboxylic acids is 1. The molecule has 0 spiro atoms. The van der Waals surface area contributed by atoms with E-state index in [-0.39, 0.29) is 0 Å². The topological polar surface area (TPSA) is 40.5 Å². The molecule has 0 amide bonds. The van der Waals surface area contributed by atoms with Crippen LogP contribution in [0.5, 0.6) is 0 Å². The SMILES string of the molecule is CC(c1cccs1)N1C2CCC1CC(CC(=O)O)C2. The maximum absolute atomic E-state index is 10.9. The van der Waals surface area contributed by atoms with Crippen LogP contribution in [0.3, 0.4) is 0 Å². The van der Waals surface area contributed by atoms with Crippen molar-refractivity contribution in [1.82, 2.24) is 4.90 Å². The summed E-state index contributed by atoms with van der Waals surface area (Å²) in [7, 11) is 0. The Hall–Kier alpha value is -0.870. The number of hydrogen-bond acceptors (Lipinski definition) is 3. The molecule has 1 aromatic heterocycles. The Morgan fingerprint density at radius 3 is 2.68 bits per heavy atom. The second kappa shape index (κ2) is 5.25. The molecule has 0 aliphatic carbocycles. The van der Waals surface area contributed by atoms with Gasteiger partial charge in [0.1, 0.15) is 0 Å². The molecule has 104 valence electrons. The Morgan fingerprint density at radius 1 is 1.47 bits per heavy atom. The number of nitrogens with zero attached hydrogens (tertiary/aromatic N) is 1. The molecule has 3 unspecified atom stereocenters. The molecule has 2 aliphatic heterocycles. The molecule has 2 aliphatic rings. The van der Waals surface area contributed by atoms with Crippen molar-refractivity contribution in [2.24, 2.45) is 5.92 Å². The number of carboxylic acids is 1. The van der Waals surface area contributed by atoms with Crippen LogP contribution in [0, 0.1) is 5.92 Å². The van der Waals surface area contributed by atoms with E-state index in [1.54, 1.807) is 0 Å². The second-order valence-electron chi connectivity index (χ2n) is 5.96. The van der Waals surface area contributed by atoms with E-state index in [2.05, 4.69) is 29.3 Å². The Kier molecular flexibility index (Phi) is 3.63. The van der Waals surface area contributed by atoms with Gasteiger partial charge in [-0.1, -0.05) is 6.07 Å². The van der Waals surface area contributed by atoms with Crippen LogP contribution >= 0.6 is 11.3 Å². The number of hydrogen-bond donors (Lipinski definition) is 1. The Morgan fingerprint density at radius 2 is 2.16 bits per heavy atom. The van der Waals surface area contributed by atoms with Gasteiger partial charge in [-0.15, -0.1) is 11.3 Å². The van der Waals surface area contributed by atoms with Crippen LogP contribution in [0.2, 0.25) is 0 Å². The van der Waals surface area contributed by atoms with Gasteiger partial charge in [0.2, 0.25) is 0 Å². The van der Waals surface area contributed by atoms with Gasteiger partial charge in [0.15, 0.2) is 0 Å². The first-order valence-electron chi connectivity index (χ1n) is 7.17. The molecular formula is C15H21NO2S. The molecule has 3 heterocycles. The fraction of sp³-hybridized carbons (Fsp3) is 0.667. The van der Waals surface area contributed by atoms with E-state index >= 15 is 0 Å². The van der Waals surface area contributed by atoms with Crippen LogP contribution in [0.4, 0.5) is 0 Å². The van der Waals surface area contributed by atoms with Gasteiger partial charge in [0.25, 0.3) is 0 Å². The molecule has 2 fully saturated rings. The zero-order valence-corrected chi connectivity index (χ0v) is 12.1. The average molecular weight is 279 g/mol. The first-order valence-corrected chi connectivity index (χ1v) is 8.05. The number of rotatable bonds is 4. The summed E-state index contributed by atoms with van der Waals surface area (Å²) >= 11 is 1.83. The van der Waals surface area contributed by atoms with E-state index in [1.165, 1.54) is 17.7 Å². The first kappa shape index (κ1) is 13.1. The smallest absolute Gasteiger partial charge is 0.303 e. The van der Waals surface area contributed by atoms with E-state index in [9.17, 15) is 4.79 Å². The van der Waals surface area contributed by atoms with E-state index in [1.807, 2.05) is 11.3 Å². The first-order chi connectivity index (χ1) is 9.15. The zero-order chi connectivity index (χ0) is 13.4. The Labute approximate surface area is 118 Å². The summed E-state index contributed by atoms with van der Waals surface area (Å²) in [6.07, 6.45) is 4.98. The largest absolute Gasteiger partial charge is 0.481 e. The van der Waals surface area contributed by atoms with Gasteiger partial charge >= 0.3 is 5.97 Å². The molecule has 0 aromatic carbocycles. The third kappa shape index (κ3) is 2.56. The van der Waals surface area contributed by atoms with Gasteiger partial charge in [-0.25, -0.2) is 0 Å². The van der Waals surface area contributed by atoms with E-state index in [4.69, 9.17) is 5.11 Å². The number of carboxylic acid groups (broad SMARTS) is 1. The minimum absolute atomic E-state index is 0.355. The van der Waals surface area contributed by atoms with Crippen molar-refractivity contribution in [3.63, 3.8) is 0 Å². The predicted molar refractivity (Wildman–Crippen MR) is 76.4 cm³/mol. The van der Waals surface area contributed by atoms with Gasteiger partial charge in [-0.2, -0.15) is 0 Å². The van der Waals surface area contributed by atoms with Crippen LogP contribution in [-0.4, -0.2) is 28.1 Å². The molecular weight excluding hydrogens is 258 g/mol. The number of fused-ring (bicyclic) bond motifs is 2. The molecule has 1 N–H and O–H groups in total. The summed E-state index contributed by atoms with van der Waals surface area (Å²) in [5.74, 6) is -0.244. The molecule has 19 heavy (non-hydrogen) atoms. The highest BCUT2D eigenvalue weighted by molar-refractivity contribution is 7.10. The van der Waals surface area contributed by atoms with Gasteiger partial charge in [0.05, 0.1) is 0 Å². The average Bonchev–Trinajstić information content (AvgIpc) is 2.95. The Balaban J connectivity index is 1.71. The maximum atomic E-state index is 10.9. The van der Waals surface area contributed by atoms with Crippen molar-refractivity contribution in [3.8, 4) is 0 Å². The Bertz CT molecular complexity index is 431. The molecule has 3 nitrogen and oxygen atoms in total.